The van der Waals surface area contributed by atoms with Crippen LogP contribution in [-0.4, -0.2) is 40.4 Å². The highest BCUT2D eigenvalue weighted by Gasteiger charge is 2.44. The SMILES string of the molecule is Cc1nn(C)c(Cl)c1CC(CBr)(CBr)C1CCS(=O)(=O)C1. The number of hydrogen-bond donors (Lipinski definition) is 0. The van der Waals surface area contributed by atoms with Crippen LogP contribution in [0.2, 0.25) is 5.15 Å². The Hall–Kier alpha value is 0.410. The lowest BCUT2D eigenvalue weighted by Gasteiger charge is -2.35. The van der Waals surface area contributed by atoms with Gasteiger partial charge in [-0.1, -0.05) is 43.5 Å². The maximum absolute atomic E-state index is 11.8. The normalized spacial score (nSPS) is 21.9. The molecule has 1 atom stereocenters. The highest BCUT2D eigenvalue weighted by atomic mass is 79.9. The van der Waals surface area contributed by atoms with Crippen LogP contribution >= 0.6 is 43.5 Å². The van der Waals surface area contributed by atoms with Gasteiger partial charge >= 0.3 is 0 Å². The van der Waals surface area contributed by atoms with E-state index in [4.69, 9.17) is 11.6 Å². The van der Waals surface area contributed by atoms with Gasteiger partial charge in [0.1, 0.15) is 5.15 Å². The van der Waals surface area contributed by atoms with Crippen molar-refractivity contribution < 1.29 is 8.42 Å². The molecule has 0 aromatic carbocycles. The second-order valence-electron chi connectivity index (χ2n) is 5.88. The average molecular weight is 463 g/mol. The Balaban J connectivity index is 2.35. The number of hydrogen-bond acceptors (Lipinski definition) is 3. The van der Waals surface area contributed by atoms with Crippen LogP contribution in [0.15, 0.2) is 0 Å². The maximum atomic E-state index is 11.8. The summed E-state index contributed by atoms with van der Waals surface area (Å²) in [6.45, 7) is 1.94. The zero-order valence-corrected chi connectivity index (χ0v) is 16.8. The fraction of sp³-hybridized carbons (Fsp3) is 0.769. The smallest absolute Gasteiger partial charge is 0.150 e. The van der Waals surface area contributed by atoms with E-state index in [9.17, 15) is 8.42 Å². The molecule has 1 aliphatic rings. The van der Waals surface area contributed by atoms with E-state index in [1.807, 2.05) is 14.0 Å². The molecule has 1 unspecified atom stereocenters. The Bertz CT molecular complexity index is 626. The van der Waals surface area contributed by atoms with Crippen molar-refractivity contribution >= 4 is 53.3 Å². The average Bonchev–Trinajstić information content (AvgIpc) is 2.90. The van der Waals surface area contributed by atoms with Crippen molar-refractivity contribution in [3.8, 4) is 0 Å². The molecule has 1 saturated heterocycles. The molecule has 1 aliphatic heterocycles. The first-order chi connectivity index (χ1) is 9.74. The lowest BCUT2D eigenvalue weighted by atomic mass is 9.74. The number of sulfone groups is 1. The van der Waals surface area contributed by atoms with Crippen LogP contribution in [0.1, 0.15) is 17.7 Å². The topological polar surface area (TPSA) is 52.0 Å². The summed E-state index contributed by atoms with van der Waals surface area (Å²) in [5.74, 6) is 0.692. The van der Waals surface area contributed by atoms with E-state index in [0.717, 1.165) is 34.8 Å². The van der Waals surface area contributed by atoms with E-state index < -0.39 is 9.84 Å². The third kappa shape index (κ3) is 3.51. The molecule has 120 valence electrons. The summed E-state index contributed by atoms with van der Waals surface area (Å²) in [4.78, 5) is 0. The number of rotatable bonds is 5. The van der Waals surface area contributed by atoms with E-state index in [-0.39, 0.29) is 17.1 Å². The molecule has 0 N–H and O–H groups in total. The van der Waals surface area contributed by atoms with E-state index in [2.05, 4.69) is 37.0 Å². The standard InChI is InChI=1S/C13H19Br2ClN2O2S/c1-9-11(12(16)18(2)17-9)5-13(7-14,8-15)10-3-4-21(19,20)6-10/h10H,3-8H2,1-2H3. The van der Waals surface area contributed by atoms with Crippen molar-refractivity contribution in [3.63, 3.8) is 0 Å². The molecule has 0 amide bonds. The molecular formula is C13H19Br2ClN2O2S. The molecule has 21 heavy (non-hydrogen) atoms. The summed E-state index contributed by atoms with van der Waals surface area (Å²) in [6.07, 6.45) is 1.44. The van der Waals surface area contributed by atoms with Crippen LogP contribution in [0.3, 0.4) is 0 Å². The van der Waals surface area contributed by atoms with E-state index >= 15 is 0 Å². The lowest BCUT2D eigenvalue weighted by molar-refractivity contribution is 0.253. The van der Waals surface area contributed by atoms with Crippen molar-refractivity contribution in [3.05, 3.63) is 16.4 Å². The molecule has 1 fully saturated rings. The van der Waals surface area contributed by atoms with Crippen LogP contribution in [0.25, 0.3) is 0 Å². The van der Waals surface area contributed by atoms with Gasteiger partial charge in [0.15, 0.2) is 9.84 Å². The minimum Gasteiger partial charge on any atom is -0.257 e. The van der Waals surface area contributed by atoms with Crippen LogP contribution in [0.4, 0.5) is 0 Å². The fourth-order valence-corrected chi connectivity index (χ4v) is 7.42. The Morgan fingerprint density at radius 2 is 2.05 bits per heavy atom. The molecule has 0 spiro atoms. The molecule has 4 nitrogen and oxygen atoms in total. The molecule has 0 saturated carbocycles. The van der Waals surface area contributed by atoms with Crippen LogP contribution in [0, 0.1) is 18.3 Å². The Labute approximate surface area is 147 Å². The Kier molecular flexibility index (Phi) is 5.49. The summed E-state index contributed by atoms with van der Waals surface area (Å²) in [7, 11) is -1.08. The van der Waals surface area contributed by atoms with Gasteiger partial charge in [0.25, 0.3) is 0 Å². The molecule has 0 aliphatic carbocycles. The van der Waals surface area contributed by atoms with Gasteiger partial charge in [0, 0.05) is 23.3 Å². The van der Waals surface area contributed by atoms with Gasteiger partial charge in [-0.15, -0.1) is 0 Å². The van der Waals surface area contributed by atoms with Crippen molar-refractivity contribution in [2.24, 2.45) is 18.4 Å². The first kappa shape index (κ1) is 17.8. The molecule has 0 radical (unpaired) electrons. The van der Waals surface area contributed by atoms with Crippen molar-refractivity contribution in [1.82, 2.24) is 9.78 Å². The molecule has 8 heteroatoms. The summed E-state index contributed by atoms with van der Waals surface area (Å²) in [6, 6.07) is 0. The Morgan fingerprint density at radius 1 is 1.43 bits per heavy atom. The third-order valence-corrected chi connectivity index (χ3v) is 8.90. The first-order valence-corrected chi connectivity index (χ1v) is 11.2. The van der Waals surface area contributed by atoms with Crippen LogP contribution in [-0.2, 0) is 23.3 Å². The second kappa shape index (κ2) is 6.49. The van der Waals surface area contributed by atoms with E-state index in [0.29, 0.717) is 10.9 Å². The highest BCUT2D eigenvalue weighted by molar-refractivity contribution is 9.09. The van der Waals surface area contributed by atoms with Gasteiger partial charge in [0.05, 0.1) is 17.2 Å². The summed E-state index contributed by atoms with van der Waals surface area (Å²) in [5.41, 5.74) is 1.76. The number of aromatic nitrogens is 2. The summed E-state index contributed by atoms with van der Waals surface area (Å²) in [5, 5.41) is 6.46. The minimum atomic E-state index is -2.90. The van der Waals surface area contributed by atoms with Crippen molar-refractivity contribution in [1.29, 1.82) is 0 Å². The lowest BCUT2D eigenvalue weighted by Crippen LogP contribution is -2.37. The van der Waals surface area contributed by atoms with E-state index in [1.54, 1.807) is 4.68 Å². The highest BCUT2D eigenvalue weighted by Crippen LogP contribution is 2.43. The molecule has 2 heterocycles. The molecule has 2 rings (SSSR count). The zero-order valence-electron chi connectivity index (χ0n) is 12.1. The number of nitrogens with zero attached hydrogens (tertiary/aromatic N) is 2. The molecule has 1 aromatic heterocycles. The quantitative estimate of drug-likeness (QED) is 0.632. The number of halogens is 3. The minimum absolute atomic E-state index is 0.136. The first-order valence-electron chi connectivity index (χ1n) is 6.75. The number of alkyl halides is 2. The van der Waals surface area contributed by atoms with Gasteiger partial charge in [-0.25, -0.2) is 8.42 Å². The van der Waals surface area contributed by atoms with Crippen LogP contribution in [0.5, 0.6) is 0 Å². The number of aryl methyl sites for hydroxylation is 2. The second-order valence-corrected chi connectivity index (χ2v) is 9.59. The monoisotopic (exact) mass is 460 g/mol. The predicted octanol–water partition coefficient (Wildman–Crippen LogP) is 3.14. The fourth-order valence-electron chi connectivity index (χ4n) is 3.00. The Morgan fingerprint density at radius 3 is 2.43 bits per heavy atom. The predicted molar refractivity (Wildman–Crippen MR) is 93.4 cm³/mol. The van der Waals surface area contributed by atoms with Gasteiger partial charge in [0.2, 0.25) is 0 Å². The van der Waals surface area contributed by atoms with Gasteiger partial charge in [-0.05, 0) is 31.1 Å². The van der Waals surface area contributed by atoms with Gasteiger partial charge < -0.3 is 0 Å². The largest absolute Gasteiger partial charge is 0.257 e. The van der Waals surface area contributed by atoms with Gasteiger partial charge in [-0.3, -0.25) is 4.68 Å². The summed E-state index contributed by atoms with van der Waals surface area (Å²) < 4.78 is 25.3. The zero-order chi connectivity index (χ0) is 15.8. The third-order valence-electron chi connectivity index (χ3n) is 4.43. The molecule has 0 bridgehead atoms. The van der Waals surface area contributed by atoms with Crippen molar-refractivity contribution in [2.45, 2.75) is 19.8 Å². The molecular weight excluding hydrogens is 443 g/mol. The molecule has 1 aromatic rings. The van der Waals surface area contributed by atoms with Crippen molar-refractivity contribution in [2.75, 3.05) is 22.2 Å². The van der Waals surface area contributed by atoms with E-state index in [1.165, 1.54) is 0 Å². The summed E-state index contributed by atoms with van der Waals surface area (Å²) >= 11 is 13.5. The van der Waals surface area contributed by atoms with Gasteiger partial charge in [-0.2, -0.15) is 5.10 Å². The van der Waals surface area contributed by atoms with Crippen LogP contribution < -0.4 is 0 Å². The maximum Gasteiger partial charge on any atom is 0.150 e.